The monoisotopic (exact) mass is 375 g/mol. The Morgan fingerprint density at radius 3 is 2.73 bits per heavy atom. The molecule has 2 N–H and O–H groups in total. The molecule has 1 atom stereocenters. The van der Waals surface area contributed by atoms with Gasteiger partial charge in [-0.15, -0.1) is 0 Å². The Labute approximate surface area is 152 Å². The van der Waals surface area contributed by atoms with Crippen LogP contribution in [-0.2, 0) is 16.4 Å². The van der Waals surface area contributed by atoms with E-state index in [2.05, 4.69) is 15.6 Å². The molecule has 138 valence electrons. The van der Waals surface area contributed by atoms with Crippen molar-refractivity contribution in [2.45, 2.75) is 19.0 Å². The quantitative estimate of drug-likeness (QED) is 0.796. The van der Waals surface area contributed by atoms with Crippen molar-refractivity contribution in [3.8, 4) is 5.75 Å². The predicted octanol–water partition coefficient (Wildman–Crippen LogP) is 1.62. The van der Waals surface area contributed by atoms with Crippen LogP contribution < -0.4 is 15.4 Å². The number of rotatable bonds is 6. The molecule has 1 amide bonds. The molecule has 1 aliphatic rings. The minimum absolute atomic E-state index is 0.00468. The average molecular weight is 375 g/mol. The van der Waals surface area contributed by atoms with Gasteiger partial charge in [-0.2, -0.15) is 0 Å². The minimum atomic E-state index is -3.02. The number of nitrogens with zero attached hydrogens (tertiary/aromatic N) is 1. The number of amides is 1. The Morgan fingerprint density at radius 1 is 1.27 bits per heavy atom. The van der Waals surface area contributed by atoms with Gasteiger partial charge in [0.15, 0.2) is 9.84 Å². The van der Waals surface area contributed by atoms with E-state index in [0.717, 1.165) is 11.3 Å². The van der Waals surface area contributed by atoms with E-state index in [1.165, 1.54) is 6.20 Å². The number of hydrogen-bond donors (Lipinski definition) is 2. The first kappa shape index (κ1) is 18.2. The number of carbonyl (C=O) groups is 1. The highest BCUT2D eigenvalue weighted by atomic mass is 32.2. The number of aromatic nitrogens is 1. The zero-order valence-corrected chi connectivity index (χ0v) is 15.3. The molecule has 0 spiro atoms. The minimum Gasteiger partial charge on any atom is -0.496 e. The molecule has 0 aliphatic carbocycles. The van der Waals surface area contributed by atoms with Gasteiger partial charge in [0.25, 0.3) is 5.91 Å². The number of benzene rings is 1. The predicted molar refractivity (Wildman–Crippen MR) is 99.1 cm³/mol. The SMILES string of the molecule is COc1ccccc1CNc1ccc(C(=O)NC2CCS(=O)(=O)C2)cn1. The summed E-state index contributed by atoms with van der Waals surface area (Å²) >= 11 is 0. The summed E-state index contributed by atoms with van der Waals surface area (Å²) < 4.78 is 28.2. The topological polar surface area (TPSA) is 97.4 Å². The van der Waals surface area contributed by atoms with E-state index in [0.29, 0.717) is 24.3 Å². The second-order valence-electron chi connectivity index (χ2n) is 6.17. The highest BCUT2D eigenvalue weighted by Crippen LogP contribution is 2.18. The van der Waals surface area contributed by atoms with Crippen LogP contribution in [0.1, 0.15) is 22.3 Å². The van der Waals surface area contributed by atoms with Crippen LogP contribution >= 0.6 is 0 Å². The second-order valence-corrected chi connectivity index (χ2v) is 8.40. The van der Waals surface area contributed by atoms with Crippen LogP contribution in [0.15, 0.2) is 42.6 Å². The summed E-state index contributed by atoms with van der Waals surface area (Å²) in [7, 11) is -1.40. The highest BCUT2D eigenvalue weighted by molar-refractivity contribution is 7.91. The number of para-hydroxylation sites is 1. The van der Waals surface area contributed by atoms with E-state index in [-0.39, 0.29) is 23.5 Å². The Bertz CT molecular complexity index is 882. The molecule has 2 aromatic rings. The maximum atomic E-state index is 12.2. The van der Waals surface area contributed by atoms with Crippen LogP contribution in [-0.4, -0.2) is 44.0 Å². The number of ether oxygens (including phenoxy) is 1. The number of methoxy groups -OCH3 is 1. The van der Waals surface area contributed by atoms with Gasteiger partial charge in [-0.05, 0) is 24.6 Å². The molecule has 8 heteroatoms. The third kappa shape index (κ3) is 4.51. The molecule has 0 radical (unpaired) electrons. The molecule has 3 rings (SSSR count). The molecule has 0 saturated carbocycles. The largest absolute Gasteiger partial charge is 0.496 e. The molecular formula is C18H21N3O4S. The number of carbonyl (C=O) groups excluding carboxylic acids is 1. The summed E-state index contributed by atoms with van der Waals surface area (Å²) in [6.07, 6.45) is 1.93. The first-order chi connectivity index (χ1) is 12.5. The van der Waals surface area contributed by atoms with E-state index in [9.17, 15) is 13.2 Å². The van der Waals surface area contributed by atoms with Crippen molar-refractivity contribution in [1.29, 1.82) is 0 Å². The number of sulfone groups is 1. The molecule has 1 aromatic carbocycles. The standard InChI is InChI=1S/C18H21N3O4S/c1-25-16-5-3-2-4-13(16)10-19-17-7-6-14(11-20-17)18(22)21-15-8-9-26(23,24)12-15/h2-7,11,15H,8-10,12H2,1H3,(H,19,20)(H,21,22). The highest BCUT2D eigenvalue weighted by Gasteiger charge is 2.29. The molecule has 1 saturated heterocycles. The van der Waals surface area contributed by atoms with Crippen LogP contribution in [0.25, 0.3) is 0 Å². The first-order valence-corrected chi connectivity index (χ1v) is 10.1. The molecule has 1 fully saturated rings. The normalized spacial score (nSPS) is 18.3. The van der Waals surface area contributed by atoms with E-state index in [1.54, 1.807) is 19.2 Å². The van der Waals surface area contributed by atoms with Crippen molar-refractivity contribution in [2.24, 2.45) is 0 Å². The van der Waals surface area contributed by atoms with Crippen molar-refractivity contribution in [1.82, 2.24) is 10.3 Å². The molecule has 7 nitrogen and oxygen atoms in total. The smallest absolute Gasteiger partial charge is 0.253 e. The molecular weight excluding hydrogens is 354 g/mol. The number of pyridine rings is 1. The van der Waals surface area contributed by atoms with Crippen LogP contribution in [0.2, 0.25) is 0 Å². The Morgan fingerprint density at radius 2 is 2.08 bits per heavy atom. The lowest BCUT2D eigenvalue weighted by Gasteiger charge is -2.12. The lowest BCUT2D eigenvalue weighted by Crippen LogP contribution is -2.35. The van der Waals surface area contributed by atoms with Crippen LogP contribution in [0.3, 0.4) is 0 Å². The third-order valence-electron chi connectivity index (χ3n) is 4.25. The van der Waals surface area contributed by atoms with Gasteiger partial charge in [0, 0.05) is 24.3 Å². The fraction of sp³-hybridized carbons (Fsp3) is 0.333. The lowest BCUT2D eigenvalue weighted by molar-refractivity contribution is 0.0941. The lowest BCUT2D eigenvalue weighted by atomic mass is 10.2. The number of hydrogen-bond acceptors (Lipinski definition) is 6. The Hall–Kier alpha value is -2.61. The zero-order valence-electron chi connectivity index (χ0n) is 14.4. The zero-order chi connectivity index (χ0) is 18.6. The van der Waals surface area contributed by atoms with Gasteiger partial charge in [-0.3, -0.25) is 4.79 Å². The molecule has 26 heavy (non-hydrogen) atoms. The molecule has 0 bridgehead atoms. The Balaban J connectivity index is 1.57. The summed E-state index contributed by atoms with van der Waals surface area (Å²) in [6, 6.07) is 10.7. The van der Waals surface area contributed by atoms with Crippen LogP contribution in [0.5, 0.6) is 5.75 Å². The van der Waals surface area contributed by atoms with Crippen LogP contribution in [0, 0.1) is 0 Å². The van der Waals surface area contributed by atoms with Crippen molar-refractivity contribution in [3.63, 3.8) is 0 Å². The summed E-state index contributed by atoms with van der Waals surface area (Å²) in [6.45, 7) is 0.544. The maximum absolute atomic E-state index is 12.2. The van der Waals surface area contributed by atoms with Gasteiger partial charge < -0.3 is 15.4 Å². The average Bonchev–Trinajstić information content (AvgIpc) is 2.99. The second kappa shape index (κ2) is 7.74. The molecule has 1 unspecified atom stereocenters. The summed E-state index contributed by atoms with van der Waals surface area (Å²) in [5.41, 5.74) is 1.40. The third-order valence-corrected chi connectivity index (χ3v) is 6.01. The Kier molecular flexibility index (Phi) is 5.41. The van der Waals surface area contributed by atoms with Gasteiger partial charge in [0.2, 0.25) is 0 Å². The van der Waals surface area contributed by atoms with Crippen LogP contribution in [0.4, 0.5) is 5.82 Å². The summed E-state index contributed by atoms with van der Waals surface area (Å²) in [5.74, 6) is 1.25. The van der Waals surface area contributed by atoms with Gasteiger partial charge in [0.05, 0.1) is 24.2 Å². The van der Waals surface area contributed by atoms with Crippen molar-refractivity contribution in [2.75, 3.05) is 23.9 Å². The van der Waals surface area contributed by atoms with Gasteiger partial charge in [-0.1, -0.05) is 18.2 Å². The molecule has 1 aliphatic heterocycles. The number of nitrogens with one attached hydrogen (secondary N) is 2. The first-order valence-electron chi connectivity index (χ1n) is 8.30. The van der Waals surface area contributed by atoms with E-state index in [1.807, 2.05) is 24.3 Å². The van der Waals surface area contributed by atoms with Crippen molar-refractivity contribution < 1.29 is 17.9 Å². The fourth-order valence-corrected chi connectivity index (χ4v) is 4.52. The van der Waals surface area contributed by atoms with Crippen molar-refractivity contribution in [3.05, 3.63) is 53.7 Å². The van der Waals surface area contributed by atoms with E-state index < -0.39 is 9.84 Å². The van der Waals surface area contributed by atoms with Gasteiger partial charge in [0.1, 0.15) is 11.6 Å². The van der Waals surface area contributed by atoms with Crippen molar-refractivity contribution >= 4 is 21.6 Å². The fourth-order valence-electron chi connectivity index (χ4n) is 2.85. The van der Waals surface area contributed by atoms with E-state index in [4.69, 9.17) is 4.74 Å². The summed E-state index contributed by atoms with van der Waals surface area (Å²) in [4.78, 5) is 16.4. The summed E-state index contributed by atoms with van der Waals surface area (Å²) in [5, 5.41) is 5.93. The van der Waals surface area contributed by atoms with Gasteiger partial charge in [-0.25, -0.2) is 13.4 Å². The van der Waals surface area contributed by atoms with Gasteiger partial charge >= 0.3 is 0 Å². The molecule has 1 aromatic heterocycles. The number of anilines is 1. The molecule has 2 heterocycles. The van der Waals surface area contributed by atoms with E-state index >= 15 is 0 Å². The maximum Gasteiger partial charge on any atom is 0.253 e.